The van der Waals surface area contributed by atoms with Crippen LogP contribution in [0.4, 0.5) is 11.4 Å². The van der Waals surface area contributed by atoms with E-state index in [1.165, 1.54) is 18.5 Å². The third kappa shape index (κ3) is 1.67. The summed E-state index contributed by atoms with van der Waals surface area (Å²) >= 11 is 0. The van der Waals surface area contributed by atoms with Gasteiger partial charge in [0.1, 0.15) is 0 Å². The quantitative estimate of drug-likeness (QED) is 0.674. The van der Waals surface area contributed by atoms with E-state index in [0.717, 1.165) is 25.3 Å². The first-order chi connectivity index (χ1) is 7.27. The average Bonchev–Trinajstić information content (AvgIpc) is 2.99. The van der Waals surface area contributed by atoms with Gasteiger partial charge in [0.05, 0.1) is 0 Å². The average molecular weight is 203 g/mol. The van der Waals surface area contributed by atoms with Crippen molar-refractivity contribution < 1.29 is 0 Å². The van der Waals surface area contributed by atoms with E-state index < -0.39 is 0 Å². The lowest BCUT2D eigenvalue weighted by Gasteiger charge is -2.35. The third-order valence-corrected chi connectivity index (χ3v) is 3.49. The molecule has 2 aliphatic rings. The lowest BCUT2D eigenvalue weighted by molar-refractivity contribution is 0.442. The predicted octanol–water partition coefficient (Wildman–Crippen LogP) is 1.21. The number of anilines is 2. The highest BCUT2D eigenvalue weighted by molar-refractivity contribution is 5.54. The number of rotatable bonds is 1. The minimum absolute atomic E-state index is 0.444. The van der Waals surface area contributed by atoms with Gasteiger partial charge in [0.2, 0.25) is 0 Å². The van der Waals surface area contributed by atoms with Gasteiger partial charge >= 0.3 is 0 Å². The molecule has 1 aliphatic heterocycles. The number of piperazine rings is 1. The fraction of sp³-hybridized carbons (Fsp3) is 0.500. The molecule has 0 aromatic heterocycles. The van der Waals surface area contributed by atoms with Gasteiger partial charge in [0.25, 0.3) is 0 Å². The van der Waals surface area contributed by atoms with E-state index in [9.17, 15) is 0 Å². The van der Waals surface area contributed by atoms with Crippen molar-refractivity contribution in [3.05, 3.63) is 24.3 Å². The van der Waals surface area contributed by atoms with E-state index >= 15 is 0 Å². The van der Waals surface area contributed by atoms with Crippen LogP contribution in [0.3, 0.4) is 0 Å². The highest BCUT2D eigenvalue weighted by Crippen LogP contribution is 2.38. The lowest BCUT2D eigenvalue weighted by atomic mass is 10.1. The van der Waals surface area contributed by atoms with Crippen molar-refractivity contribution in [2.24, 2.45) is 0 Å². The van der Waals surface area contributed by atoms with E-state index in [4.69, 9.17) is 5.73 Å². The Labute approximate surface area is 90.3 Å². The van der Waals surface area contributed by atoms with Crippen molar-refractivity contribution in [3.8, 4) is 0 Å². The number of hydrogen-bond donors (Lipinski definition) is 2. The van der Waals surface area contributed by atoms with Crippen LogP contribution in [0.15, 0.2) is 24.3 Å². The summed E-state index contributed by atoms with van der Waals surface area (Å²) in [6.45, 7) is 3.35. The lowest BCUT2D eigenvalue weighted by Crippen LogP contribution is -2.52. The van der Waals surface area contributed by atoms with Crippen LogP contribution in [-0.4, -0.2) is 25.2 Å². The van der Waals surface area contributed by atoms with Gasteiger partial charge in [-0.2, -0.15) is 0 Å². The van der Waals surface area contributed by atoms with Crippen LogP contribution < -0.4 is 16.0 Å². The molecule has 1 aromatic carbocycles. The van der Waals surface area contributed by atoms with E-state index in [0.29, 0.717) is 5.54 Å². The van der Waals surface area contributed by atoms with Crippen molar-refractivity contribution in [1.29, 1.82) is 0 Å². The summed E-state index contributed by atoms with van der Waals surface area (Å²) < 4.78 is 0. The Morgan fingerprint density at radius 2 is 1.93 bits per heavy atom. The number of nitrogens with two attached hydrogens (primary N) is 1. The smallest absolute Gasteiger partial charge is 0.0368 e. The molecule has 0 bridgehead atoms. The van der Waals surface area contributed by atoms with Gasteiger partial charge in [-0.3, -0.25) is 0 Å². The Balaban J connectivity index is 1.78. The van der Waals surface area contributed by atoms with E-state index in [2.05, 4.69) is 22.3 Å². The summed E-state index contributed by atoms with van der Waals surface area (Å²) in [7, 11) is 0. The molecule has 0 unspecified atom stereocenters. The molecule has 1 saturated heterocycles. The number of benzene rings is 1. The van der Waals surface area contributed by atoms with Crippen LogP contribution in [0.2, 0.25) is 0 Å². The predicted molar refractivity (Wildman–Crippen MR) is 63.0 cm³/mol. The normalized spacial score (nSPS) is 23.1. The van der Waals surface area contributed by atoms with Gasteiger partial charge in [-0.05, 0) is 37.1 Å². The van der Waals surface area contributed by atoms with Crippen LogP contribution in [-0.2, 0) is 0 Å². The van der Waals surface area contributed by atoms with Gasteiger partial charge in [-0.1, -0.05) is 0 Å². The molecule has 3 rings (SSSR count). The summed E-state index contributed by atoms with van der Waals surface area (Å²) in [5, 5.41) is 3.61. The molecule has 15 heavy (non-hydrogen) atoms. The Morgan fingerprint density at radius 3 is 2.60 bits per heavy atom. The van der Waals surface area contributed by atoms with Crippen LogP contribution in [0, 0.1) is 0 Å². The fourth-order valence-corrected chi connectivity index (χ4v) is 2.35. The maximum absolute atomic E-state index is 5.69. The standard InChI is InChI=1S/C12H17N3/c13-10-1-3-11(4-2-10)15-8-7-14-12(9-15)5-6-12/h1-4,14H,5-9,13H2. The number of nitrogens with one attached hydrogen (secondary N) is 1. The second kappa shape index (κ2) is 3.14. The van der Waals surface area contributed by atoms with Crippen molar-refractivity contribution in [3.63, 3.8) is 0 Å². The van der Waals surface area contributed by atoms with Crippen LogP contribution >= 0.6 is 0 Å². The largest absolute Gasteiger partial charge is 0.399 e. The second-order valence-corrected chi connectivity index (χ2v) is 4.72. The molecule has 1 aromatic rings. The molecule has 80 valence electrons. The van der Waals surface area contributed by atoms with Crippen molar-refractivity contribution >= 4 is 11.4 Å². The maximum atomic E-state index is 5.69. The summed E-state index contributed by atoms with van der Waals surface area (Å²) in [6, 6.07) is 8.21. The molecule has 1 spiro atoms. The first-order valence-electron chi connectivity index (χ1n) is 5.63. The molecule has 1 heterocycles. The summed E-state index contributed by atoms with van der Waals surface area (Å²) in [6.07, 6.45) is 2.66. The molecule has 3 heteroatoms. The van der Waals surface area contributed by atoms with Gasteiger partial charge in [-0.15, -0.1) is 0 Å². The molecule has 2 fully saturated rings. The minimum atomic E-state index is 0.444. The van der Waals surface area contributed by atoms with Crippen LogP contribution in [0.5, 0.6) is 0 Å². The zero-order chi connectivity index (χ0) is 10.3. The van der Waals surface area contributed by atoms with Gasteiger partial charge < -0.3 is 16.0 Å². The van der Waals surface area contributed by atoms with Gasteiger partial charge in [0.15, 0.2) is 0 Å². The van der Waals surface area contributed by atoms with E-state index in [1.54, 1.807) is 0 Å². The second-order valence-electron chi connectivity index (χ2n) is 4.72. The van der Waals surface area contributed by atoms with Gasteiger partial charge in [0, 0.05) is 36.5 Å². The number of nitrogen functional groups attached to an aromatic ring is 1. The molecule has 1 saturated carbocycles. The topological polar surface area (TPSA) is 41.3 Å². The van der Waals surface area contributed by atoms with Crippen molar-refractivity contribution in [2.45, 2.75) is 18.4 Å². The van der Waals surface area contributed by atoms with Crippen molar-refractivity contribution in [2.75, 3.05) is 30.3 Å². The monoisotopic (exact) mass is 203 g/mol. The summed E-state index contributed by atoms with van der Waals surface area (Å²) in [5.41, 5.74) is 8.28. The fourth-order valence-electron chi connectivity index (χ4n) is 2.35. The van der Waals surface area contributed by atoms with E-state index in [-0.39, 0.29) is 0 Å². The maximum Gasteiger partial charge on any atom is 0.0368 e. The first-order valence-corrected chi connectivity index (χ1v) is 5.63. The highest BCUT2D eigenvalue weighted by Gasteiger charge is 2.45. The summed E-state index contributed by atoms with van der Waals surface area (Å²) in [4.78, 5) is 2.46. The Hall–Kier alpha value is -1.22. The number of nitrogens with zero attached hydrogens (tertiary/aromatic N) is 1. The first kappa shape index (κ1) is 9.04. The molecule has 0 radical (unpaired) electrons. The van der Waals surface area contributed by atoms with E-state index in [1.807, 2.05) is 12.1 Å². The molecule has 3 N–H and O–H groups in total. The third-order valence-electron chi connectivity index (χ3n) is 3.49. The Kier molecular flexibility index (Phi) is 1.89. The summed E-state index contributed by atoms with van der Waals surface area (Å²) in [5.74, 6) is 0. The molecular weight excluding hydrogens is 186 g/mol. The molecular formula is C12H17N3. The molecule has 0 atom stereocenters. The van der Waals surface area contributed by atoms with Crippen molar-refractivity contribution in [1.82, 2.24) is 5.32 Å². The SMILES string of the molecule is Nc1ccc(N2CCNC3(CC3)C2)cc1. The minimum Gasteiger partial charge on any atom is -0.399 e. The molecule has 0 amide bonds. The zero-order valence-electron chi connectivity index (χ0n) is 8.87. The zero-order valence-corrected chi connectivity index (χ0v) is 8.87. The Morgan fingerprint density at radius 1 is 1.20 bits per heavy atom. The Bertz CT molecular complexity index is 354. The van der Waals surface area contributed by atoms with Gasteiger partial charge in [-0.25, -0.2) is 0 Å². The number of hydrogen-bond acceptors (Lipinski definition) is 3. The van der Waals surface area contributed by atoms with Crippen LogP contribution in [0.1, 0.15) is 12.8 Å². The van der Waals surface area contributed by atoms with Crippen LogP contribution in [0.25, 0.3) is 0 Å². The highest BCUT2D eigenvalue weighted by atomic mass is 15.2. The molecule has 1 aliphatic carbocycles. The molecule has 3 nitrogen and oxygen atoms in total.